The van der Waals surface area contributed by atoms with Crippen LogP contribution in [-0.2, 0) is 0 Å². The van der Waals surface area contributed by atoms with Gasteiger partial charge in [-0.05, 0) is 50.5 Å². The molecule has 0 radical (unpaired) electrons. The molecule has 0 fully saturated rings. The molecule has 0 atom stereocenters. The molecule has 108 valence electrons. The highest BCUT2D eigenvalue weighted by molar-refractivity contribution is 7.18. The number of fused-ring (bicyclic) bond motifs is 1. The summed E-state index contributed by atoms with van der Waals surface area (Å²) in [4.78, 5) is 10.6. The zero-order valence-electron chi connectivity index (χ0n) is 12.5. The Balaban J connectivity index is 2.16. The third-order valence-corrected chi connectivity index (χ3v) is 4.51. The normalized spacial score (nSPS) is 11.0. The summed E-state index contributed by atoms with van der Waals surface area (Å²) in [5.74, 6) is 1.61. The van der Waals surface area contributed by atoms with Crippen LogP contribution in [-0.4, -0.2) is 9.97 Å². The second kappa shape index (κ2) is 5.00. The Hall–Kier alpha value is -2.14. The Morgan fingerprint density at radius 3 is 2.52 bits per heavy atom. The number of ether oxygens (including phenoxy) is 1. The number of hydrogen-bond donors (Lipinski definition) is 1. The van der Waals surface area contributed by atoms with E-state index < -0.39 is 0 Å². The summed E-state index contributed by atoms with van der Waals surface area (Å²) in [6.07, 6.45) is 0. The number of aromatic nitrogens is 2. The molecule has 3 aromatic rings. The Kier molecular flexibility index (Phi) is 3.29. The van der Waals surface area contributed by atoms with Crippen molar-refractivity contribution in [1.82, 2.24) is 9.97 Å². The monoisotopic (exact) mass is 299 g/mol. The molecule has 0 aliphatic heterocycles. The Labute approximate surface area is 127 Å². The molecule has 2 heterocycles. The zero-order chi connectivity index (χ0) is 15.1. The number of nitrogen functional groups attached to an aromatic ring is 1. The molecule has 2 N–H and O–H groups in total. The number of rotatable bonds is 2. The maximum Gasteiger partial charge on any atom is 0.232 e. The lowest BCUT2D eigenvalue weighted by Gasteiger charge is -2.13. The fraction of sp³-hybridized carbons (Fsp3) is 0.250. The Morgan fingerprint density at radius 1 is 1.05 bits per heavy atom. The van der Waals surface area contributed by atoms with E-state index in [0.717, 1.165) is 32.0 Å². The first-order chi connectivity index (χ1) is 9.95. The maximum absolute atomic E-state index is 6.10. The van der Waals surface area contributed by atoms with Gasteiger partial charge in [0.25, 0.3) is 0 Å². The molecule has 3 rings (SSSR count). The number of anilines is 1. The van der Waals surface area contributed by atoms with Gasteiger partial charge in [0.2, 0.25) is 11.8 Å². The van der Waals surface area contributed by atoms with Gasteiger partial charge in [0.1, 0.15) is 10.6 Å². The fourth-order valence-corrected chi connectivity index (χ4v) is 3.17. The quantitative estimate of drug-likeness (QED) is 0.766. The van der Waals surface area contributed by atoms with Gasteiger partial charge in [-0.25, -0.2) is 4.98 Å². The van der Waals surface area contributed by atoms with Gasteiger partial charge in [0.15, 0.2) is 0 Å². The molecule has 0 aliphatic carbocycles. The summed E-state index contributed by atoms with van der Waals surface area (Å²) < 4.78 is 6.10. The molecule has 1 aromatic carbocycles. The molecular formula is C16H17N3OS. The van der Waals surface area contributed by atoms with Crippen LogP contribution in [0.15, 0.2) is 18.2 Å². The molecule has 0 spiro atoms. The molecule has 0 unspecified atom stereocenters. The second-order valence-corrected chi connectivity index (χ2v) is 6.45. The van der Waals surface area contributed by atoms with Crippen LogP contribution in [0.25, 0.3) is 10.2 Å². The van der Waals surface area contributed by atoms with Crippen LogP contribution in [0.2, 0.25) is 0 Å². The van der Waals surface area contributed by atoms with E-state index in [1.807, 2.05) is 19.9 Å². The highest BCUT2D eigenvalue weighted by Crippen LogP contribution is 2.36. The average Bonchev–Trinajstić information content (AvgIpc) is 2.79. The number of thiophene rings is 1. The van der Waals surface area contributed by atoms with E-state index in [0.29, 0.717) is 5.88 Å². The predicted octanol–water partition coefficient (Wildman–Crippen LogP) is 4.30. The predicted molar refractivity (Wildman–Crippen MR) is 87.3 cm³/mol. The fourth-order valence-electron chi connectivity index (χ4n) is 2.29. The van der Waals surface area contributed by atoms with Crippen molar-refractivity contribution < 1.29 is 4.74 Å². The summed E-state index contributed by atoms with van der Waals surface area (Å²) in [6, 6.07) is 6.18. The van der Waals surface area contributed by atoms with Gasteiger partial charge in [-0.1, -0.05) is 12.1 Å². The van der Waals surface area contributed by atoms with Crippen LogP contribution in [0, 0.1) is 27.7 Å². The summed E-state index contributed by atoms with van der Waals surface area (Å²) in [7, 11) is 0. The molecule has 0 amide bonds. The topological polar surface area (TPSA) is 61.0 Å². The van der Waals surface area contributed by atoms with Crippen molar-refractivity contribution in [3.63, 3.8) is 0 Å². The molecule has 0 saturated heterocycles. The smallest absolute Gasteiger partial charge is 0.232 e. The molecule has 0 aliphatic rings. The van der Waals surface area contributed by atoms with Crippen LogP contribution in [0.5, 0.6) is 11.6 Å². The molecule has 0 saturated carbocycles. The van der Waals surface area contributed by atoms with Crippen molar-refractivity contribution in [3.05, 3.63) is 39.8 Å². The highest BCUT2D eigenvalue weighted by atomic mass is 32.1. The minimum absolute atomic E-state index is 0.238. The van der Waals surface area contributed by atoms with Crippen molar-refractivity contribution in [2.45, 2.75) is 27.7 Å². The van der Waals surface area contributed by atoms with Crippen LogP contribution < -0.4 is 10.5 Å². The first kappa shape index (κ1) is 13.8. The lowest BCUT2D eigenvalue weighted by atomic mass is 10.1. The van der Waals surface area contributed by atoms with Crippen LogP contribution in [0.3, 0.4) is 0 Å². The van der Waals surface area contributed by atoms with Gasteiger partial charge >= 0.3 is 0 Å². The largest absolute Gasteiger partial charge is 0.438 e. The van der Waals surface area contributed by atoms with Crippen molar-refractivity contribution >= 4 is 27.5 Å². The van der Waals surface area contributed by atoms with Crippen molar-refractivity contribution in [2.75, 3.05) is 5.73 Å². The number of benzene rings is 1. The number of hydrogen-bond acceptors (Lipinski definition) is 5. The molecule has 2 aromatic heterocycles. The van der Waals surface area contributed by atoms with E-state index >= 15 is 0 Å². The van der Waals surface area contributed by atoms with E-state index in [1.54, 1.807) is 11.3 Å². The van der Waals surface area contributed by atoms with Gasteiger partial charge in [0.05, 0.1) is 5.39 Å². The van der Waals surface area contributed by atoms with Gasteiger partial charge in [-0.15, -0.1) is 11.3 Å². The van der Waals surface area contributed by atoms with E-state index in [2.05, 4.69) is 35.9 Å². The van der Waals surface area contributed by atoms with Crippen molar-refractivity contribution in [2.24, 2.45) is 0 Å². The first-order valence-corrected chi connectivity index (χ1v) is 7.55. The number of nitrogens with zero attached hydrogens (tertiary/aromatic N) is 2. The first-order valence-electron chi connectivity index (χ1n) is 6.74. The van der Waals surface area contributed by atoms with E-state index in [9.17, 15) is 0 Å². The van der Waals surface area contributed by atoms with E-state index in [4.69, 9.17) is 10.5 Å². The van der Waals surface area contributed by atoms with Crippen LogP contribution in [0.4, 0.5) is 5.95 Å². The number of aryl methyl sites for hydroxylation is 3. The second-order valence-electron chi connectivity index (χ2n) is 5.22. The summed E-state index contributed by atoms with van der Waals surface area (Å²) in [5, 5.41) is 0.909. The minimum Gasteiger partial charge on any atom is -0.438 e. The maximum atomic E-state index is 6.10. The third-order valence-electron chi connectivity index (χ3n) is 3.57. The molecule has 4 nitrogen and oxygen atoms in total. The molecule has 0 bridgehead atoms. The summed E-state index contributed by atoms with van der Waals surface area (Å²) >= 11 is 1.59. The summed E-state index contributed by atoms with van der Waals surface area (Å²) in [6.45, 7) is 8.19. The zero-order valence-corrected chi connectivity index (χ0v) is 13.3. The Morgan fingerprint density at radius 2 is 1.76 bits per heavy atom. The van der Waals surface area contributed by atoms with Crippen molar-refractivity contribution in [1.29, 1.82) is 0 Å². The highest BCUT2D eigenvalue weighted by Gasteiger charge is 2.14. The van der Waals surface area contributed by atoms with Crippen molar-refractivity contribution in [3.8, 4) is 11.6 Å². The number of nitrogens with two attached hydrogens (primary N) is 1. The van der Waals surface area contributed by atoms with Crippen LogP contribution >= 0.6 is 11.3 Å². The molecule has 21 heavy (non-hydrogen) atoms. The molecular weight excluding hydrogens is 282 g/mol. The van der Waals surface area contributed by atoms with Crippen LogP contribution in [0.1, 0.15) is 21.6 Å². The molecule has 5 heteroatoms. The summed E-state index contributed by atoms with van der Waals surface area (Å²) in [5.41, 5.74) is 9.19. The lowest BCUT2D eigenvalue weighted by molar-refractivity contribution is 0.461. The van der Waals surface area contributed by atoms with Gasteiger partial charge in [0, 0.05) is 4.88 Å². The minimum atomic E-state index is 0.238. The van der Waals surface area contributed by atoms with E-state index in [1.165, 1.54) is 5.56 Å². The Bertz CT molecular complexity index is 839. The van der Waals surface area contributed by atoms with Gasteiger partial charge in [-0.3, -0.25) is 0 Å². The standard InChI is InChI=1S/C16H17N3OS/c1-8-5-6-9(2)13(11(8)4)20-14-12-7-10(3)21-15(12)19-16(17)18-14/h5-7H,1-4H3,(H2,17,18,19). The lowest BCUT2D eigenvalue weighted by Crippen LogP contribution is -1.99. The van der Waals surface area contributed by atoms with Gasteiger partial charge < -0.3 is 10.5 Å². The van der Waals surface area contributed by atoms with E-state index in [-0.39, 0.29) is 5.95 Å². The van der Waals surface area contributed by atoms with Gasteiger partial charge in [-0.2, -0.15) is 4.98 Å². The third kappa shape index (κ3) is 2.45. The SMILES string of the molecule is Cc1cc2c(Oc3c(C)ccc(C)c3C)nc(N)nc2s1. The average molecular weight is 299 g/mol.